The highest BCUT2D eigenvalue weighted by Crippen LogP contribution is 2.33. The Balaban J connectivity index is 2.96. The smallest absolute Gasteiger partial charge is 0.310 e. The third-order valence-electron chi connectivity index (χ3n) is 3.76. The molecular formula is C14H24N2O2. The molecule has 1 unspecified atom stereocenters. The molecule has 1 N–H and O–H groups in total. The van der Waals surface area contributed by atoms with E-state index >= 15 is 0 Å². The minimum absolute atomic E-state index is 0.566. The highest BCUT2D eigenvalue weighted by Gasteiger charge is 2.37. The van der Waals surface area contributed by atoms with Crippen molar-refractivity contribution in [2.75, 3.05) is 0 Å². The first-order valence-corrected chi connectivity index (χ1v) is 6.68. The second-order valence-electron chi connectivity index (χ2n) is 5.12. The van der Waals surface area contributed by atoms with Crippen molar-refractivity contribution < 1.29 is 9.90 Å². The molecule has 18 heavy (non-hydrogen) atoms. The Bertz CT molecular complexity index is 412. The molecule has 0 amide bonds. The molecule has 1 heterocycles. The quantitative estimate of drug-likeness (QED) is 0.811. The molecule has 4 nitrogen and oxygen atoms in total. The van der Waals surface area contributed by atoms with Gasteiger partial charge in [0.1, 0.15) is 0 Å². The van der Waals surface area contributed by atoms with Gasteiger partial charge in [-0.3, -0.25) is 9.48 Å². The van der Waals surface area contributed by atoms with E-state index in [0.717, 1.165) is 30.7 Å². The molecule has 0 bridgehead atoms. The highest BCUT2D eigenvalue weighted by atomic mass is 16.4. The Morgan fingerprint density at radius 3 is 2.56 bits per heavy atom. The van der Waals surface area contributed by atoms with Crippen molar-refractivity contribution in [2.45, 2.75) is 52.9 Å². The maximum Gasteiger partial charge on any atom is 0.310 e. The van der Waals surface area contributed by atoms with Crippen LogP contribution >= 0.6 is 0 Å². The molecular weight excluding hydrogens is 228 g/mol. The van der Waals surface area contributed by atoms with Crippen molar-refractivity contribution in [2.24, 2.45) is 12.5 Å². The average Bonchev–Trinajstić information content (AvgIpc) is 2.62. The van der Waals surface area contributed by atoms with E-state index < -0.39 is 11.4 Å². The zero-order valence-electron chi connectivity index (χ0n) is 11.9. The van der Waals surface area contributed by atoms with Gasteiger partial charge in [0.15, 0.2) is 0 Å². The van der Waals surface area contributed by atoms with Crippen molar-refractivity contribution >= 4 is 5.97 Å². The van der Waals surface area contributed by atoms with Crippen LogP contribution in [0.15, 0.2) is 6.07 Å². The van der Waals surface area contributed by atoms with Crippen LogP contribution < -0.4 is 0 Å². The Morgan fingerprint density at radius 1 is 1.50 bits per heavy atom. The van der Waals surface area contributed by atoms with E-state index in [9.17, 15) is 9.90 Å². The van der Waals surface area contributed by atoms with E-state index in [2.05, 4.69) is 12.0 Å². The fourth-order valence-corrected chi connectivity index (χ4v) is 2.42. The fraction of sp³-hybridized carbons (Fsp3) is 0.714. The number of carboxylic acids is 1. The fourth-order valence-electron chi connectivity index (χ4n) is 2.42. The molecule has 0 saturated carbocycles. The lowest BCUT2D eigenvalue weighted by atomic mass is 9.76. The average molecular weight is 252 g/mol. The third-order valence-corrected chi connectivity index (χ3v) is 3.76. The number of nitrogens with zero attached hydrogens (tertiary/aromatic N) is 2. The molecule has 1 atom stereocenters. The van der Waals surface area contributed by atoms with Gasteiger partial charge in [0.2, 0.25) is 0 Å². The molecule has 1 aromatic heterocycles. The monoisotopic (exact) mass is 252 g/mol. The predicted octanol–water partition coefficient (Wildman–Crippen LogP) is 2.94. The van der Waals surface area contributed by atoms with E-state index in [4.69, 9.17) is 0 Å². The van der Waals surface area contributed by atoms with Gasteiger partial charge in [-0.2, -0.15) is 5.10 Å². The lowest BCUT2D eigenvalue weighted by Gasteiger charge is -2.28. The van der Waals surface area contributed by atoms with E-state index in [1.807, 2.05) is 27.0 Å². The van der Waals surface area contributed by atoms with Crippen LogP contribution in [0.1, 0.15) is 50.9 Å². The van der Waals surface area contributed by atoms with Crippen molar-refractivity contribution in [1.29, 1.82) is 0 Å². The van der Waals surface area contributed by atoms with Crippen molar-refractivity contribution in [1.82, 2.24) is 9.78 Å². The van der Waals surface area contributed by atoms with Crippen LogP contribution in [0.2, 0.25) is 0 Å². The van der Waals surface area contributed by atoms with Gasteiger partial charge in [0.25, 0.3) is 0 Å². The molecule has 0 spiro atoms. The summed E-state index contributed by atoms with van der Waals surface area (Å²) in [6.45, 7) is 5.99. The molecule has 0 saturated heterocycles. The first-order valence-electron chi connectivity index (χ1n) is 6.68. The molecule has 0 aliphatic carbocycles. The van der Waals surface area contributed by atoms with Crippen LogP contribution in [0, 0.1) is 12.3 Å². The summed E-state index contributed by atoms with van der Waals surface area (Å²) in [5.41, 5.74) is 1.31. The number of aryl methyl sites for hydroxylation is 2. The van der Waals surface area contributed by atoms with Gasteiger partial charge in [-0.1, -0.05) is 26.7 Å². The summed E-state index contributed by atoms with van der Waals surface area (Å²) in [7, 11) is 1.88. The summed E-state index contributed by atoms with van der Waals surface area (Å²) < 4.78 is 1.80. The van der Waals surface area contributed by atoms with Crippen LogP contribution in [-0.4, -0.2) is 20.9 Å². The summed E-state index contributed by atoms with van der Waals surface area (Å²) in [5.74, 6) is -0.683. The van der Waals surface area contributed by atoms with Crippen molar-refractivity contribution in [3.63, 3.8) is 0 Å². The molecule has 0 aliphatic heterocycles. The number of rotatable bonds is 7. The zero-order chi connectivity index (χ0) is 13.8. The van der Waals surface area contributed by atoms with Crippen LogP contribution in [-0.2, 0) is 18.3 Å². The van der Waals surface area contributed by atoms with E-state index in [-0.39, 0.29) is 0 Å². The molecule has 102 valence electrons. The maximum atomic E-state index is 11.7. The van der Waals surface area contributed by atoms with Gasteiger partial charge < -0.3 is 5.11 Å². The van der Waals surface area contributed by atoms with Crippen LogP contribution in [0.3, 0.4) is 0 Å². The minimum atomic E-state index is -0.683. The molecule has 0 aromatic carbocycles. The van der Waals surface area contributed by atoms with Crippen LogP contribution in [0.25, 0.3) is 0 Å². The topological polar surface area (TPSA) is 55.1 Å². The van der Waals surface area contributed by atoms with Gasteiger partial charge >= 0.3 is 5.97 Å². The summed E-state index contributed by atoms with van der Waals surface area (Å²) in [4.78, 5) is 11.7. The Kier molecular flexibility index (Phi) is 4.93. The summed E-state index contributed by atoms with van der Waals surface area (Å²) in [6.07, 6.45) is 3.94. The number of aromatic nitrogens is 2. The van der Waals surface area contributed by atoms with E-state index in [1.54, 1.807) is 4.68 Å². The Hall–Kier alpha value is -1.32. The van der Waals surface area contributed by atoms with Gasteiger partial charge in [-0.05, 0) is 25.8 Å². The van der Waals surface area contributed by atoms with Gasteiger partial charge in [0, 0.05) is 19.2 Å². The van der Waals surface area contributed by atoms with Crippen LogP contribution in [0.5, 0.6) is 0 Å². The van der Waals surface area contributed by atoms with Crippen molar-refractivity contribution in [3.05, 3.63) is 17.5 Å². The standard InChI is InChI=1S/C14H24N2O2/c1-5-7-8-14(6-2,13(17)18)10-12-9-11(3)15-16(12)4/h9H,5-8,10H2,1-4H3,(H,17,18). The Labute approximate surface area is 109 Å². The normalized spacial score (nSPS) is 14.4. The van der Waals surface area contributed by atoms with Gasteiger partial charge in [-0.25, -0.2) is 0 Å². The SMILES string of the molecule is CCCCC(CC)(Cc1cc(C)nn1C)C(=O)O. The summed E-state index contributed by atoms with van der Waals surface area (Å²) in [5, 5.41) is 13.9. The second kappa shape index (κ2) is 6.03. The lowest BCUT2D eigenvalue weighted by molar-refractivity contribution is -0.149. The molecule has 0 fully saturated rings. The number of hydrogen-bond donors (Lipinski definition) is 1. The number of unbranched alkanes of at least 4 members (excludes halogenated alkanes) is 1. The molecule has 1 rings (SSSR count). The zero-order valence-corrected chi connectivity index (χ0v) is 11.9. The van der Waals surface area contributed by atoms with E-state index in [1.165, 1.54) is 0 Å². The third kappa shape index (κ3) is 3.12. The number of hydrogen-bond acceptors (Lipinski definition) is 2. The van der Waals surface area contributed by atoms with Gasteiger partial charge in [-0.15, -0.1) is 0 Å². The molecule has 1 aromatic rings. The lowest BCUT2D eigenvalue weighted by Crippen LogP contribution is -2.33. The second-order valence-corrected chi connectivity index (χ2v) is 5.12. The minimum Gasteiger partial charge on any atom is -0.481 e. The largest absolute Gasteiger partial charge is 0.481 e. The number of carbonyl (C=O) groups is 1. The first-order chi connectivity index (χ1) is 8.45. The number of aliphatic carboxylic acids is 1. The van der Waals surface area contributed by atoms with Crippen LogP contribution in [0.4, 0.5) is 0 Å². The molecule has 0 aliphatic rings. The summed E-state index contributed by atoms with van der Waals surface area (Å²) >= 11 is 0. The number of carboxylic acid groups (broad SMARTS) is 1. The van der Waals surface area contributed by atoms with E-state index in [0.29, 0.717) is 12.8 Å². The Morgan fingerprint density at radius 2 is 2.17 bits per heavy atom. The maximum absolute atomic E-state index is 11.7. The highest BCUT2D eigenvalue weighted by molar-refractivity contribution is 5.75. The van der Waals surface area contributed by atoms with Crippen molar-refractivity contribution in [3.8, 4) is 0 Å². The van der Waals surface area contributed by atoms with Gasteiger partial charge in [0.05, 0.1) is 11.1 Å². The first kappa shape index (κ1) is 14.7. The predicted molar refractivity (Wildman–Crippen MR) is 71.5 cm³/mol. The molecule has 4 heteroatoms. The summed E-state index contributed by atoms with van der Waals surface area (Å²) in [6, 6.07) is 1.99. The molecule has 0 radical (unpaired) electrons.